The van der Waals surface area contributed by atoms with E-state index in [0.717, 1.165) is 27.5 Å². The van der Waals surface area contributed by atoms with Crippen LogP contribution in [0.4, 0.5) is 0 Å². The van der Waals surface area contributed by atoms with E-state index in [-0.39, 0.29) is 43.5 Å². The third kappa shape index (κ3) is 13.3. The van der Waals surface area contributed by atoms with Gasteiger partial charge in [-0.1, -0.05) is 120 Å². The fraction of sp³-hybridized carbons (Fsp3) is 0.360. The Hall–Kier alpha value is -6.44. The first-order chi connectivity index (χ1) is 30.1. The molecule has 0 saturated carbocycles. The Balaban J connectivity index is 1.41. The minimum absolute atomic E-state index is 0.0197. The monoisotopic (exact) mass is 859 g/mol. The summed E-state index contributed by atoms with van der Waals surface area (Å²) in [4.78, 5) is 56.4. The quantitative estimate of drug-likeness (QED) is 0.0543. The molecule has 0 aliphatic carbocycles. The highest BCUT2D eigenvalue weighted by Gasteiger charge is 2.39. The molecule has 0 fully saturated rings. The Bertz CT molecular complexity index is 2310. The predicted octanol–water partition coefficient (Wildman–Crippen LogP) is 5.34. The average molecular weight is 860 g/mol. The Labute approximate surface area is 370 Å². The van der Waals surface area contributed by atoms with Crippen molar-refractivity contribution in [3.8, 4) is 17.2 Å². The van der Waals surface area contributed by atoms with Crippen molar-refractivity contribution < 1.29 is 38.9 Å². The van der Waals surface area contributed by atoms with E-state index in [2.05, 4.69) is 26.6 Å². The highest BCUT2D eigenvalue weighted by molar-refractivity contribution is 5.93. The molecule has 0 spiro atoms. The van der Waals surface area contributed by atoms with Crippen molar-refractivity contribution in [2.24, 2.45) is 11.3 Å². The first kappa shape index (κ1) is 47.6. The van der Waals surface area contributed by atoms with Gasteiger partial charge in [-0.15, -0.1) is 0 Å². The number of phenols is 1. The molecule has 5 atom stereocenters. The fourth-order valence-corrected chi connectivity index (χ4v) is 7.36. The predicted molar refractivity (Wildman–Crippen MR) is 244 cm³/mol. The number of fused-ring (bicyclic) bond motifs is 1. The highest BCUT2D eigenvalue weighted by atomic mass is 16.5. The maximum absolute atomic E-state index is 14.5. The molecule has 0 aromatic heterocycles. The molecule has 5 aromatic rings. The molecule has 13 heteroatoms. The summed E-state index contributed by atoms with van der Waals surface area (Å²) in [5, 5.41) is 39.7. The molecule has 0 bridgehead atoms. The number of aliphatic hydroxyl groups is 1. The van der Waals surface area contributed by atoms with Gasteiger partial charge in [-0.2, -0.15) is 0 Å². The van der Waals surface area contributed by atoms with Gasteiger partial charge in [-0.25, -0.2) is 0 Å². The van der Waals surface area contributed by atoms with E-state index < -0.39 is 53.4 Å². The van der Waals surface area contributed by atoms with Crippen LogP contribution in [0.2, 0.25) is 0 Å². The zero-order valence-corrected chi connectivity index (χ0v) is 37.1. The molecule has 4 amide bonds. The van der Waals surface area contributed by atoms with Gasteiger partial charge >= 0.3 is 0 Å². The van der Waals surface area contributed by atoms with Gasteiger partial charge in [-0.05, 0) is 69.5 Å². The second-order valence-electron chi connectivity index (χ2n) is 17.1. The third-order valence-electron chi connectivity index (χ3n) is 11.0. The minimum Gasteiger partial charge on any atom is -0.507 e. The SMILES string of the molecule is COc1ccc(CNC(C(=O)NC(C(=O)NCc2ccc(OC)cc2O)C(C)C)C(O)C(Cc2ccccc2)NC(=O)C(NC(=O)Cc2cccc3ccccc23)C(C)(C)C)cc1. The van der Waals surface area contributed by atoms with Gasteiger partial charge in [0.2, 0.25) is 23.6 Å². The Kier molecular flexibility index (Phi) is 16.7. The summed E-state index contributed by atoms with van der Waals surface area (Å²) in [5.74, 6) is -1.41. The van der Waals surface area contributed by atoms with Crippen molar-refractivity contribution >= 4 is 34.4 Å². The van der Waals surface area contributed by atoms with Crippen LogP contribution < -0.4 is 36.1 Å². The second kappa shape index (κ2) is 22.1. The van der Waals surface area contributed by atoms with Crippen LogP contribution in [0.1, 0.15) is 56.9 Å². The Morgan fingerprint density at radius 2 is 1.30 bits per heavy atom. The van der Waals surface area contributed by atoms with E-state index in [9.17, 15) is 29.4 Å². The van der Waals surface area contributed by atoms with E-state index in [4.69, 9.17) is 9.47 Å². The number of ether oxygens (including phenoxy) is 2. The molecule has 7 N–H and O–H groups in total. The summed E-state index contributed by atoms with van der Waals surface area (Å²) >= 11 is 0. The number of hydrogen-bond donors (Lipinski definition) is 7. The molecule has 0 radical (unpaired) electrons. The summed E-state index contributed by atoms with van der Waals surface area (Å²) in [6.07, 6.45) is -1.38. The number of amides is 4. The molecule has 63 heavy (non-hydrogen) atoms. The lowest BCUT2D eigenvalue weighted by molar-refractivity contribution is -0.135. The van der Waals surface area contributed by atoms with Crippen LogP contribution >= 0.6 is 0 Å². The smallest absolute Gasteiger partial charge is 0.243 e. The molecular formula is C50H61N5O8. The summed E-state index contributed by atoms with van der Waals surface area (Å²) in [6, 6.07) is 30.3. The van der Waals surface area contributed by atoms with Crippen molar-refractivity contribution in [2.45, 2.75) is 90.8 Å². The van der Waals surface area contributed by atoms with Crippen molar-refractivity contribution in [3.63, 3.8) is 0 Å². The standard InChI is InChI=1S/C50H61N5O8/c1-31(2)43(47(59)52-30-36-22-25-38(63-7)28-41(36)56)55-48(60)44(51-29-33-20-23-37(62-6)24-21-33)45(58)40(26-32-14-9-8-10-15-32)53-49(61)46(50(3,4)5)54-42(57)27-35-18-13-17-34-16-11-12-19-39(34)35/h8-25,28,31,40,43-46,51,56,58H,26-27,29-30H2,1-7H3,(H,52,59)(H,53,61)(H,54,57)(H,55,60). The van der Waals surface area contributed by atoms with Gasteiger partial charge in [0.25, 0.3) is 0 Å². The normalized spacial score (nSPS) is 13.9. The number of methoxy groups -OCH3 is 2. The molecular weight excluding hydrogens is 799 g/mol. The molecule has 334 valence electrons. The minimum atomic E-state index is -1.55. The Morgan fingerprint density at radius 1 is 0.651 bits per heavy atom. The van der Waals surface area contributed by atoms with E-state index in [0.29, 0.717) is 17.1 Å². The first-order valence-corrected chi connectivity index (χ1v) is 21.2. The van der Waals surface area contributed by atoms with E-state index in [1.165, 1.54) is 13.2 Å². The van der Waals surface area contributed by atoms with Crippen molar-refractivity contribution in [2.75, 3.05) is 14.2 Å². The molecule has 5 aromatic carbocycles. The number of nitrogens with one attached hydrogen (secondary N) is 5. The third-order valence-corrected chi connectivity index (χ3v) is 11.0. The zero-order chi connectivity index (χ0) is 45.7. The summed E-state index contributed by atoms with van der Waals surface area (Å²) in [5.41, 5.74) is 2.07. The van der Waals surface area contributed by atoms with Crippen molar-refractivity contribution in [1.82, 2.24) is 26.6 Å². The highest BCUT2D eigenvalue weighted by Crippen LogP contribution is 2.25. The lowest BCUT2D eigenvalue weighted by Gasteiger charge is -2.35. The van der Waals surface area contributed by atoms with Gasteiger partial charge in [0.15, 0.2) is 0 Å². The molecule has 0 aliphatic heterocycles. The number of aliphatic hydroxyl groups excluding tert-OH is 1. The van der Waals surface area contributed by atoms with Gasteiger partial charge < -0.3 is 41.0 Å². The van der Waals surface area contributed by atoms with Crippen LogP contribution in [-0.2, 0) is 45.1 Å². The number of phenolic OH excluding ortho intramolecular Hbond substituents is 1. The van der Waals surface area contributed by atoms with E-state index in [1.807, 2.05) is 106 Å². The fourth-order valence-electron chi connectivity index (χ4n) is 7.36. The lowest BCUT2D eigenvalue weighted by atomic mass is 9.85. The first-order valence-electron chi connectivity index (χ1n) is 21.2. The van der Waals surface area contributed by atoms with E-state index in [1.54, 1.807) is 45.2 Å². The lowest BCUT2D eigenvalue weighted by Crippen LogP contribution is -2.64. The van der Waals surface area contributed by atoms with Crippen LogP contribution in [-0.4, -0.2) is 78.3 Å². The summed E-state index contributed by atoms with van der Waals surface area (Å²) < 4.78 is 10.5. The summed E-state index contributed by atoms with van der Waals surface area (Å²) in [6.45, 7) is 9.22. The number of carbonyl (C=O) groups is 4. The number of carbonyl (C=O) groups excluding carboxylic acids is 4. The van der Waals surface area contributed by atoms with Gasteiger partial charge in [0, 0.05) is 24.7 Å². The maximum atomic E-state index is 14.5. The molecule has 5 unspecified atom stereocenters. The van der Waals surface area contributed by atoms with Crippen LogP contribution in [0.3, 0.4) is 0 Å². The van der Waals surface area contributed by atoms with Gasteiger partial charge in [0.1, 0.15) is 35.4 Å². The molecule has 0 aliphatic rings. The number of benzene rings is 5. The molecule has 0 saturated heterocycles. The van der Waals surface area contributed by atoms with Gasteiger partial charge in [0.05, 0.1) is 32.8 Å². The molecule has 13 nitrogen and oxygen atoms in total. The average Bonchev–Trinajstić information content (AvgIpc) is 3.26. The molecule has 0 heterocycles. The second-order valence-corrected chi connectivity index (χ2v) is 17.1. The van der Waals surface area contributed by atoms with Crippen LogP contribution in [0.5, 0.6) is 17.2 Å². The van der Waals surface area contributed by atoms with Crippen LogP contribution in [0.15, 0.2) is 115 Å². The Morgan fingerprint density at radius 3 is 1.95 bits per heavy atom. The van der Waals surface area contributed by atoms with Crippen LogP contribution in [0, 0.1) is 11.3 Å². The number of rotatable bonds is 20. The summed E-state index contributed by atoms with van der Waals surface area (Å²) in [7, 11) is 3.05. The zero-order valence-electron chi connectivity index (χ0n) is 37.1. The van der Waals surface area contributed by atoms with Crippen LogP contribution in [0.25, 0.3) is 10.8 Å². The largest absolute Gasteiger partial charge is 0.507 e. The topological polar surface area (TPSA) is 187 Å². The number of hydrogen-bond acceptors (Lipinski definition) is 9. The van der Waals surface area contributed by atoms with Crippen molar-refractivity contribution in [1.29, 1.82) is 0 Å². The van der Waals surface area contributed by atoms with Gasteiger partial charge in [-0.3, -0.25) is 24.5 Å². The maximum Gasteiger partial charge on any atom is 0.243 e. The van der Waals surface area contributed by atoms with Crippen molar-refractivity contribution in [3.05, 3.63) is 138 Å². The molecule has 5 rings (SSSR count). The number of aromatic hydroxyl groups is 1. The van der Waals surface area contributed by atoms with E-state index >= 15 is 0 Å².